The van der Waals surface area contributed by atoms with E-state index in [-0.39, 0.29) is 17.7 Å². The minimum absolute atomic E-state index is 0.0163. The van der Waals surface area contributed by atoms with Gasteiger partial charge < -0.3 is 28.6 Å². The number of imidazole rings is 1. The van der Waals surface area contributed by atoms with Crippen LogP contribution in [-0.2, 0) is 29.0 Å². The first-order valence-electron chi connectivity index (χ1n) is 10.8. The van der Waals surface area contributed by atoms with Crippen LogP contribution in [0.5, 0.6) is 11.5 Å². The fourth-order valence-corrected chi connectivity index (χ4v) is 4.52. The highest BCUT2D eigenvalue weighted by Gasteiger charge is 2.25. The molecule has 1 fully saturated rings. The maximum absolute atomic E-state index is 13.2. The van der Waals surface area contributed by atoms with Gasteiger partial charge in [-0.05, 0) is 41.3 Å². The van der Waals surface area contributed by atoms with Gasteiger partial charge >= 0.3 is 0 Å². The van der Waals surface area contributed by atoms with Gasteiger partial charge in [-0.15, -0.1) is 0 Å². The molecule has 4 heterocycles. The second-order valence-corrected chi connectivity index (χ2v) is 8.34. The Kier molecular flexibility index (Phi) is 5.94. The number of carbonyl (C=O) groups excluding carboxylic acids is 1. The van der Waals surface area contributed by atoms with Crippen molar-refractivity contribution in [1.29, 1.82) is 0 Å². The molecule has 0 unspecified atom stereocenters. The fourth-order valence-electron chi connectivity index (χ4n) is 4.36. The topological polar surface area (TPSA) is 94.8 Å². The third-order valence-corrected chi connectivity index (χ3v) is 6.27. The van der Waals surface area contributed by atoms with Gasteiger partial charge in [0.2, 0.25) is 11.2 Å². The number of nitrogens with zero attached hydrogens (tertiary/aromatic N) is 6. The van der Waals surface area contributed by atoms with Crippen LogP contribution >= 0.6 is 11.6 Å². The number of ether oxygens (including phenoxy) is 3. The van der Waals surface area contributed by atoms with Crippen LogP contribution in [0.15, 0.2) is 18.5 Å². The van der Waals surface area contributed by atoms with E-state index in [1.54, 1.807) is 25.1 Å². The normalized spacial score (nSPS) is 16.1. The van der Waals surface area contributed by atoms with Crippen LogP contribution in [0.25, 0.3) is 11.2 Å². The summed E-state index contributed by atoms with van der Waals surface area (Å²) in [4.78, 5) is 30.4. The molecular formula is C22H25ClN6O4. The molecule has 2 aromatic heterocycles. The van der Waals surface area contributed by atoms with E-state index in [1.807, 2.05) is 17.0 Å². The highest BCUT2D eigenvalue weighted by Crippen LogP contribution is 2.33. The highest BCUT2D eigenvalue weighted by molar-refractivity contribution is 6.28. The van der Waals surface area contributed by atoms with Crippen molar-refractivity contribution in [2.45, 2.75) is 19.5 Å². The molecule has 10 nitrogen and oxygen atoms in total. The molecule has 0 radical (unpaired) electrons. The van der Waals surface area contributed by atoms with Gasteiger partial charge in [-0.1, -0.05) is 0 Å². The minimum Gasteiger partial charge on any atom is -0.493 e. The van der Waals surface area contributed by atoms with Crippen molar-refractivity contribution < 1.29 is 19.0 Å². The van der Waals surface area contributed by atoms with Crippen LogP contribution in [0.4, 0.5) is 5.82 Å². The van der Waals surface area contributed by atoms with E-state index in [0.29, 0.717) is 67.9 Å². The number of hydrogen-bond donors (Lipinski definition) is 0. The number of halogens is 1. The maximum Gasteiger partial charge on any atom is 0.242 e. The lowest BCUT2D eigenvalue weighted by Crippen LogP contribution is -2.38. The Morgan fingerprint density at radius 3 is 2.55 bits per heavy atom. The summed E-state index contributed by atoms with van der Waals surface area (Å²) in [5.74, 6) is 2.02. The molecule has 0 saturated carbocycles. The summed E-state index contributed by atoms with van der Waals surface area (Å²) in [6.07, 6.45) is 2.38. The van der Waals surface area contributed by atoms with Crippen LogP contribution in [0.2, 0.25) is 5.28 Å². The van der Waals surface area contributed by atoms with Gasteiger partial charge in [0.1, 0.15) is 6.54 Å². The van der Waals surface area contributed by atoms with E-state index >= 15 is 0 Å². The van der Waals surface area contributed by atoms with Crippen molar-refractivity contribution >= 4 is 34.5 Å². The number of carbonyl (C=O) groups is 1. The molecule has 0 aliphatic carbocycles. The van der Waals surface area contributed by atoms with Crippen molar-refractivity contribution in [3.8, 4) is 11.5 Å². The number of morpholine rings is 1. The number of hydrogen-bond acceptors (Lipinski definition) is 8. The quantitative estimate of drug-likeness (QED) is 0.520. The highest BCUT2D eigenvalue weighted by atomic mass is 35.5. The van der Waals surface area contributed by atoms with Gasteiger partial charge in [0.15, 0.2) is 28.5 Å². The number of benzene rings is 1. The van der Waals surface area contributed by atoms with Gasteiger partial charge in [0, 0.05) is 26.2 Å². The largest absolute Gasteiger partial charge is 0.493 e. The zero-order chi connectivity index (χ0) is 22.9. The number of rotatable bonds is 5. The molecule has 11 heteroatoms. The van der Waals surface area contributed by atoms with Crippen LogP contribution in [0.3, 0.4) is 0 Å². The molecule has 2 aliphatic rings. The lowest BCUT2D eigenvalue weighted by molar-refractivity contribution is -0.132. The van der Waals surface area contributed by atoms with E-state index in [0.717, 1.165) is 12.0 Å². The number of methoxy groups -OCH3 is 2. The predicted octanol–water partition coefficient (Wildman–Crippen LogP) is 1.92. The van der Waals surface area contributed by atoms with E-state index < -0.39 is 0 Å². The molecule has 5 rings (SSSR count). The molecule has 1 aromatic carbocycles. The van der Waals surface area contributed by atoms with E-state index in [4.69, 9.17) is 25.8 Å². The van der Waals surface area contributed by atoms with Gasteiger partial charge in [0.05, 0.1) is 33.8 Å². The summed E-state index contributed by atoms with van der Waals surface area (Å²) in [6.45, 7) is 3.91. The van der Waals surface area contributed by atoms with Crippen LogP contribution < -0.4 is 14.4 Å². The summed E-state index contributed by atoms with van der Waals surface area (Å²) < 4.78 is 18.0. The summed E-state index contributed by atoms with van der Waals surface area (Å²) in [7, 11) is 3.23. The minimum atomic E-state index is -0.0163. The fraction of sp³-hybridized carbons (Fsp3) is 0.455. The van der Waals surface area contributed by atoms with Gasteiger partial charge in [-0.3, -0.25) is 4.79 Å². The first-order chi connectivity index (χ1) is 16.1. The Hall–Kier alpha value is -3.11. The summed E-state index contributed by atoms with van der Waals surface area (Å²) in [6, 6.07) is 3.94. The second kappa shape index (κ2) is 9.03. The SMILES string of the molecule is COc1cc2c(cc1OC)CN(C(=O)Cn1cnc3c(N4CCOCC4)nc(Cl)nc31)CC2. The van der Waals surface area contributed by atoms with Gasteiger partial charge in [0.25, 0.3) is 0 Å². The van der Waals surface area contributed by atoms with Crippen molar-refractivity contribution in [2.24, 2.45) is 0 Å². The number of fused-ring (bicyclic) bond motifs is 2. The zero-order valence-electron chi connectivity index (χ0n) is 18.6. The molecule has 2 aliphatic heterocycles. The van der Waals surface area contributed by atoms with Crippen molar-refractivity contribution in [3.63, 3.8) is 0 Å². The monoisotopic (exact) mass is 472 g/mol. The standard InChI is InChI=1S/C22H25ClN6O4/c1-31-16-9-14-3-4-28(11-15(14)10-17(16)32-2)18(30)12-29-13-24-19-20(25-22(23)26-21(19)29)27-5-7-33-8-6-27/h9-10,13H,3-8,11-12H2,1-2H3. The molecule has 1 amide bonds. The molecule has 0 atom stereocenters. The lowest BCUT2D eigenvalue weighted by atomic mass is 9.98. The van der Waals surface area contributed by atoms with Crippen molar-refractivity contribution in [2.75, 3.05) is 52.0 Å². The molecule has 0 bridgehead atoms. The van der Waals surface area contributed by atoms with E-state index in [9.17, 15) is 4.79 Å². The van der Waals surface area contributed by atoms with Gasteiger partial charge in [-0.2, -0.15) is 9.97 Å². The average molecular weight is 473 g/mol. The Bertz CT molecular complexity index is 1190. The zero-order valence-corrected chi connectivity index (χ0v) is 19.3. The van der Waals surface area contributed by atoms with Crippen LogP contribution in [-0.4, -0.2) is 77.4 Å². The Labute approximate surface area is 196 Å². The number of anilines is 1. The molecule has 0 N–H and O–H groups in total. The Morgan fingerprint density at radius 1 is 1.09 bits per heavy atom. The molecule has 3 aromatic rings. The predicted molar refractivity (Wildman–Crippen MR) is 122 cm³/mol. The average Bonchev–Trinajstić information content (AvgIpc) is 3.24. The summed E-state index contributed by atoms with van der Waals surface area (Å²) in [5.41, 5.74) is 3.41. The van der Waals surface area contributed by atoms with E-state index in [2.05, 4.69) is 19.9 Å². The third kappa shape index (κ3) is 4.16. The molecule has 1 saturated heterocycles. The molecular weight excluding hydrogens is 448 g/mol. The Morgan fingerprint density at radius 2 is 1.82 bits per heavy atom. The number of amides is 1. The summed E-state index contributed by atoms with van der Waals surface area (Å²) in [5, 5.41) is 0.131. The Balaban J connectivity index is 1.37. The summed E-state index contributed by atoms with van der Waals surface area (Å²) >= 11 is 6.23. The smallest absolute Gasteiger partial charge is 0.242 e. The van der Waals surface area contributed by atoms with E-state index in [1.165, 1.54) is 5.56 Å². The van der Waals surface area contributed by atoms with Crippen LogP contribution in [0.1, 0.15) is 11.1 Å². The van der Waals surface area contributed by atoms with Crippen molar-refractivity contribution in [1.82, 2.24) is 24.4 Å². The third-order valence-electron chi connectivity index (χ3n) is 6.11. The van der Waals surface area contributed by atoms with Crippen molar-refractivity contribution in [3.05, 3.63) is 34.9 Å². The molecule has 0 spiro atoms. The van der Waals surface area contributed by atoms with Gasteiger partial charge in [-0.25, -0.2) is 4.98 Å². The first-order valence-corrected chi connectivity index (χ1v) is 11.2. The second-order valence-electron chi connectivity index (χ2n) is 8.00. The molecule has 174 valence electrons. The molecule has 33 heavy (non-hydrogen) atoms. The first kappa shape index (κ1) is 21.7. The number of aromatic nitrogens is 4. The van der Waals surface area contributed by atoms with Crippen LogP contribution in [0, 0.1) is 0 Å². The lowest BCUT2D eigenvalue weighted by Gasteiger charge is -2.30. The maximum atomic E-state index is 13.2.